The van der Waals surface area contributed by atoms with Gasteiger partial charge in [-0.05, 0) is 60.9 Å². The highest BCUT2D eigenvalue weighted by atomic mass is 35.5. The second-order valence-corrected chi connectivity index (χ2v) is 12.6. The fourth-order valence-corrected chi connectivity index (χ4v) is 6.42. The van der Waals surface area contributed by atoms with Gasteiger partial charge < -0.3 is 10.2 Å². The first kappa shape index (κ1) is 34.5. The molecule has 0 saturated carbocycles. The maximum absolute atomic E-state index is 14.1. The number of sulfonamides is 1. The average molecular weight is 679 g/mol. The zero-order chi connectivity index (χ0) is 31.9. The molecule has 2 amide bonds. The Kier molecular flexibility index (Phi) is 11.8. The van der Waals surface area contributed by atoms with E-state index in [2.05, 4.69) is 5.32 Å². The summed E-state index contributed by atoms with van der Waals surface area (Å²) < 4.78 is 69.3. The molecule has 7 nitrogen and oxygen atoms in total. The summed E-state index contributed by atoms with van der Waals surface area (Å²) in [7, 11) is -4.63. The van der Waals surface area contributed by atoms with Crippen molar-refractivity contribution in [2.45, 2.75) is 50.3 Å². The van der Waals surface area contributed by atoms with E-state index < -0.39 is 51.9 Å². The molecule has 0 unspecified atom stereocenters. The van der Waals surface area contributed by atoms with Crippen LogP contribution in [-0.4, -0.2) is 44.3 Å². The van der Waals surface area contributed by atoms with E-state index in [0.29, 0.717) is 40.0 Å². The molecule has 0 aromatic heterocycles. The fourth-order valence-electron chi connectivity index (χ4n) is 4.23. The third-order valence-corrected chi connectivity index (χ3v) is 9.12. The van der Waals surface area contributed by atoms with E-state index in [9.17, 15) is 31.2 Å². The summed E-state index contributed by atoms with van der Waals surface area (Å²) in [6, 6.07) is 12.6. The van der Waals surface area contributed by atoms with Gasteiger partial charge in [-0.25, -0.2) is 8.42 Å². The first-order chi connectivity index (χ1) is 20.2. The SMILES string of the molecule is CCCNC(=O)[C@@H](CC)N(Cc1ccc(Cl)cc1Cl)C(=O)CN(c1cc(C(F)(F)F)ccc1Cl)S(=O)(=O)c1ccccc1. The number of alkyl halides is 3. The van der Waals surface area contributed by atoms with Crippen molar-refractivity contribution in [1.29, 1.82) is 0 Å². The molecule has 232 valence electrons. The summed E-state index contributed by atoms with van der Waals surface area (Å²) in [4.78, 5) is 28.1. The molecule has 0 heterocycles. The third kappa shape index (κ3) is 8.56. The van der Waals surface area contributed by atoms with Crippen LogP contribution in [0.25, 0.3) is 0 Å². The first-order valence-electron chi connectivity index (χ1n) is 13.2. The molecule has 0 spiro atoms. The Bertz CT molecular complexity index is 1560. The number of rotatable bonds is 12. The number of halogens is 6. The van der Waals surface area contributed by atoms with Crippen molar-refractivity contribution in [3.05, 3.63) is 92.9 Å². The smallest absolute Gasteiger partial charge is 0.354 e. The molecule has 0 saturated heterocycles. The van der Waals surface area contributed by atoms with Crippen LogP contribution in [0.5, 0.6) is 0 Å². The Balaban J connectivity index is 2.16. The molecule has 0 aliphatic carbocycles. The Morgan fingerprint density at radius 3 is 2.19 bits per heavy atom. The number of carbonyl (C=O) groups excluding carboxylic acids is 2. The summed E-state index contributed by atoms with van der Waals surface area (Å²) in [5.41, 5.74) is -1.31. The number of nitrogens with zero attached hydrogens (tertiary/aromatic N) is 2. The molecule has 0 radical (unpaired) electrons. The standard InChI is InChI=1S/C29H29Cl3F3N3O4S/c1-3-14-36-28(40)25(4-2)37(17-19-10-12-21(30)16-24(19)32)27(39)18-38(43(41,42)22-8-6-5-7-9-22)26-15-20(29(33,34)35)11-13-23(26)31/h5-13,15-16,25H,3-4,14,17-18H2,1-2H3,(H,36,40)/t25-/m1/s1. The molecular weight excluding hydrogens is 650 g/mol. The van der Waals surface area contributed by atoms with Crippen molar-refractivity contribution < 1.29 is 31.2 Å². The van der Waals surface area contributed by atoms with Gasteiger partial charge in [0.1, 0.15) is 12.6 Å². The highest BCUT2D eigenvalue weighted by Crippen LogP contribution is 2.37. The minimum absolute atomic E-state index is 0.141. The Hall–Kier alpha value is -2.99. The number of anilines is 1. The summed E-state index contributed by atoms with van der Waals surface area (Å²) in [5.74, 6) is -1.37. The maximum Gasteiger partial charge on any atom is 0.416 e. The van der Waals surface area contributed by atoms with Gasteiger partial charge in [-0.15, -0.1) is 0 Å². The second kappa shape index (κ2) is 14.7. The van der Waals surface area contributed by atoms with E-state index in [0.717, 1.165) is 11.0 Å². The Morgan fingerprint density at radius 1 is 0.930 bits per heavy atom. The minimum atomic E-state index is -4.83. The van der Waals surface area contributed by atoms with Gasteiger partial charge >= 0.3 is 6.18 Å². The summed E-state index contributed by atoms with van der Waals surface area (Å²) in [6.45, 7) is 2.65. The van der Waals surface area contributed by atoms with Gasteiger partial charge in [0.2, 0.25) is 11.8 Å². The lowest BCUT2D eigenvalue weighted by Gasteiger charge is -2.33. The van der Waals surface area contributed by atoms with Gasteiger partial charge in [0.15, 0.2) is 0 Å². The van der Waals surface area contributed by atoms with Crippen LogP contribution in [0.15, 0.2) is 71.6 Å². The van der Waals surface area contributed by atoms with Crippen molar-refractivity contribution in [2.24, 2.45) is 0 Å². The van der Waals surface area contributed by atoms with Crippen LogP contribution in [-0.2, 0) is 32.3 Å². The van der Waals surface area contributed by atoms with Crippen LogP contribution in [0.1, 0.15) is 37.8 Å². The monoisotopic (exact) mass is 677 g/mol. The van der Waals surface area contributed by atoms with Crippen LogP contribution < -0.4 is 9.62 Å². The summed E-state index contributed by atoms with van der Waals surface area (Å²) in [6.07, 6.45) is -4.06. The number of amides is 2. The van der Waals surface area contributed by atoms with Crippen LogP contribution in [0.2, 0.25) is 15.1 Å². The Labute approximate surface area is 263 Å². The van der Waals surface area contributed by atoms with E-state index in [-0.39, 0.29) is 27.9 Å². The molecule has 0 fully saturated rings. The quantitative estimate of drug-likeness (QED) is 0.220. The molecule has 3 aromatic rings. The van der Waals surface area contributed by atoms with Crippen LogP contribution >= 0.6 is 34.8 Å². The lowest BCUT2D eigenvalue weighted by molar-refractivity contribution is -0.140. The van der Waals surface area contributed by atoms with E-state index in [4.69, 9.17) is 34.8 Å². The predicted molar refractivity (Wildman–Crippen MR) is 162 cm³/mol. The van der Waals surface area contributed by atoms with Crippen molar-refractivity contribution in [3.8, 4) is 0 Å². The second-order valence-electron chi connectivity index (χ2n) is 9.46. The van der Waals surface area contributed by atoms with E-state index >= 15 is 0 Å². The van der Waals surface area contributed by atoms with Crippen LogP contribution in [0, 0.1) is 0 Å². The molecule has 3 aromatic carbocycles. The first-order valence-corrected chi connectivity index (χ1v) is 15.7. The zero-order valence-corrected chi connectivity index (χ0v) is 26.3. The van der Waals surface area contributed by atoms with Crippen molar-refractivity contribution in [2.75, 3.05) is 17.4 Å². The van der Waals surface area contributed by atoms with Gasteiger partial charge in [0.25, 0.3) is 10.0 Å². The molecule has 1 atom stereocenters. The third-order valence-electron chi connectivity index (χ3n) is 6.44. The van der Waals surface area contributed by atoms with E-state index in [1.807, 2.05) is 6.92 Å². The molecule has 0 aliphatic rings. The zero-order valence-electron chi connectivity index (χ0n) is 23.2. The van der Waals surface area contributed by atoms with Gasteiger partial charge in [0, 0.05) is 23.1 Å². The fraction of sp³-hybridized carbons (Fsp3) is 0.310. The molecule has 14 heteroatoms. The van der Waals surface area contributed by atoms with Crippen molar-refractivity contribution in [1.82, 2.24) is 10.2 Å². The van der Waals surface area contributed by atoms with E-state index in [1.54, 1.807) is 19.1 Å². The highest BCUT2D eigenvalue weighted by molar-refractivity contribution is 7.92. The number of hydrogen-bond donors (Lipinski definition) is 1. The topological polar surface area (TPSA) is 86.8 Å². The van der Waals surface area contributed by atoms with Gasteiger partial charge in [0.05, 0.1) is 21.2 Å². The lowest BCUT2D eigenvalue weighted by atomic mass is 10.1. The molecule has 0 aliphatic heterocycles. The average Bonchev–Trinajstić information content (AvgIpc) is 2.95. The number of hydrogen-bond acceptors (Lipinski definition) is 4. The molecule has 0 bridgehead atoms. The number of nitrogens with one attached hydrogen (secondary N) is 1. The molecular formula is C29H29Cl3F3N3O4S. The van der Waals surface area contributed by atoms with Gasteiger partial charge in [-0.2, -0.15) is 13.2 Å². The normalized spacial score (nSPS) is 12.5. The number of carbonyl (C=O) groups is 2. The largest absolute Gasteiger partial charge is 0.416 e. The molecule has 3 rings (SSSR count). The summed E-state index contributed by atoms with van der Waals surface area (Å²) >= 11 is 18.7. The van der Waals surface area contributed by atoms with Crippen LogP contribution in [0.4, 0.5) is 18.9 Å². The van der Waals surface area contributed by atoms with E-state index in [1.165, 1.54) is 36.4 Å². The van der Waals surface area contributed by atoms with Crippen LogP contribution in [0.3, 0.4) is 0 Å². The number of benzene rings is 3. The van der Waals surface area contributed by atoms with Crippen molar-refractivity contribution >= 4 is 62.3 Å². The summed E-state index contributed by atoms with van der Waals surface area (Å²) in [5, 5.41) is 2.93. The maximum atomic E-state index is 14.1. The molecule has 43 heavy (non-hydrogen) atoms. The molecule has 1 N–H and O–H groups in total. The predicted octanol–water partition coefficient (Wildman–Crippen LogP) is 7.19. The minimum Gasteiger partial charge on any atom is -0.354 e. The Morgan fingerprint density at radius 2 is 1.60 bits per heavy atom. The van der Waals surface area contributed by atoms with Gasteiger partial charge in [-0.1, -0.05) is 72.9 Å². The highest BCUT2D eigenvalue weighted by Gasteiger charge is 2.37. The lowest BCUT2D eigenvalue weighted by Crippen LogP contribution is -2.52. The van der Waals surface area contributed by atoms with Crippen molar-refractivity contribution in [3.63, 3.8) is 0 Å². The van der Waals surface area contributed by atoms with Gasteiger partial charge in [-0.3, -0.25) is 13.9 Å².